The van der Waals surface area contributed by atoms with Crippen LogP contribution in [-0.2, 0) is 16.8 Å². The zero-order valence-electron chi connectivity index (χ0n) is 18.6. The van der Waals surface area contributed by atoms with E-state index in [0.29, 0.717) is 5.69 Å². The molecule has 0 aliphatic heterocycles. The number of carboxylic acid groups (broad SMARTS) is 1. The van der Waals surface area contributed by atoms with E-state index in [4.69, 9.17) is 0 Å². The van der Waals surface area contributed by atoms with Crippen LogP contribution in [0.2, 0.25) is 0 Å². The molecule has 3 aromatic carbocycles. The summed E-state index contributed by atoms with van der Waals surface area (Å²) in [5, 5.41) is 9.85. The molecule has 5 aromatic rings. The van der Waals surface area contributed by atoms with Crippen molar-refractivity contribution >= 4 is 5.97 Å². The molecule has 0 bridgehead atoms. The number of aromatic nitrogens is 3. The van der Waals surface area contributed by atoms with Gasteiger partial charge < -0.3 is 14.2 Å². The zero-order valence-corrected chi connectivity index (χ0v) is 18.6. The summed E-state index contributed by atoms with van der Waals surface area (Å²) in [6.45, 7) is 0. The zero-order chi connectivity index (χ0) is 23.4. The van der Waals surface area contributed by atoms with E-state index in [0.717, 1.165) is 16.7 Å². The van der Waals surface area contributed by atoms with Crippen molar-refractivity contribution in [3.05, 3.63) is 150 Å². The maximum Gasteiger partial charge on any atom is 0.327 e. The summed E-state index contributed by atoms with van der Waals surface area (Å²) < 4.78 is 3.82. The van der Waals surface area contributed by atoms with Gasteiger partial charge in [0.25, 0.3) is 0 Å². The summed E-state index contributed by atoms with van der Waals surface area (Å²) in [6, 6.07) is 34.0. The minimum atomic E-state index is -0.883. The van der Waals surface area contributed by atoms with Crippen LogP contribution in [0.5, 0.6) is 0 Å². The number of carboxylic acids is 1. The van der Waals surface area contributed by atoms with Crippen molar-refractivity contribution in [1.82, 2.24) is 14.1 Å². The topological polar surface area (TPSA) is 60.0 Å². The molecule has 2 aromatic heterocycles. The molecule has 0 saturated carbocycles. The van der Waals surface area contributed by atoms with Crippen LogP contribution < -0.4 is 0 Å². The van der Waals surface area contributed by atoms with Crippen LogP contribution in [0, 0.1) is 0 Å². The van der Waals surface area contributed by atoms with E-state index < -0.39 is 17.6 Å². The van der Waals surface area contributed by atoms with E-state index in [1.807, 2.05) is 79.3 Å². The molecule has 0 spiro atoms. The van der Waals surface area contributed by atoms with Gasteiger partial charge in [-0.2, -0.15) is 0 Å². The maximum atomic E-state index is 12.0. The van der Waals surface area contributed by atoms with Gasteiger partial charge in [0.1, 0.15) is 11.6 Å². The number of carbonyl (C=O) groups is 1. The highest BCUT2D eigenvalue weighted by molar-refractivity contribution is 5.72. The molecule has 0 fully saturated rings. The predicted molar refractivity (Wildman–Crippen MR) is 132 cm³/mol. The number of rotatable bonds is 8. The Hall–Kier alpha value is -4.38. The normalized spacial score (nSPS) is 12.4. The summed E-state index contributed by atoms with van der Waals surface area (Å²) in [5.41, 5.74) is 3.33. The molecule has 5 heteroatoms. The highest BCUT2D eigenvalue weighted by atomic mass is 16.4. The lowest BCUT2D eigenvalue weighted by molar-refractivity contribution is -0.140. The molecule has 34 heavy (non-hydrogen) atoms. The molecule has 1 N–H and O–H groups in total. The Morgan fingerprint density at radius 1 is 0.765 bits per heavy atom. The number of benzene rings is 3. The first-order chi connectivity index (χ1) is 16.7. The van der Waals surface area contributed by atoms with E-state index in [1.54, 1.807) is 17.0 Å². The average Bonchev–Trinajstić information content (AvgIpc) is 3.58. The molecule has 0 unspecified atom stereocenters. The molecule has 0 amide bonds. The molecule has 168 valence electrons. The van der Waals surface area contributed by atoms with E-state index in [9.17, 15) is 9.90 Å². The van der Waals surface area contributed by atoms with Gasteiger partial charge in [0, 0.05) is 25.0 Å². The minimum Gasteiger partial charge on any atom is -0.480 e. The Kier molecular flexibility index (Phi) is 5.83. The number of hydrogen-bond donors (Lipinski definition) is 1. The Balaban J connectivity index is 1.68. The molecular formula is C29H25N3O2. The van der Waals surface area contributed by atoms with Crippen molar-refractivity contribution in [1.29, 1.82) is 0 Å². The molecule has 5 nitrogen and oxygen atoms in total. The molecule has 0 saturated heterocycles. The van der Waals surface area contributed by atoms with Crippen molar-refractivity contribution in [2.75, 3.05) is 0 Å². The van der Waals surface area contributed by atoms with E-state index >= 15 is 0 Å². The minimum absolute atomic E-state index is 0.283. The first-order valence-electron chi connectivity index (χ1n) is 11.2. The van der Waals surface area contributed by atoms with Gasteiger partial charge in [-0.15, -0.1) is 0 Å². The fraction of sp³-hybridized carbons (Fsp3) is 0.103. The first-order valence-corrected chi connectivity index (χ1v) is 11.2. The predicted octanol–water partition coefficient (Wildman–Crippen LogP) is 5.39. The third-order valence-electron chi connectivity index (χ3n) is 6.27. The van der Waals surface area contributed by atoms with Gasteiger partial charge >= 0.3 is 5.97 Å². The summed E-state index contributed by atoms with van der Waals surface area (Å²) in [5.74, 6) is -0.883. The van der Waals surface area contributed by atoms with Gasteiger partial charge in [0.2, 0.25) is 0 Å². The SMILES string of the molecule is O=C(O)[C@H](Cc1cn(C(c2ccccc2)(c2ccccc2)c2ccccc2)cn1)n1cccc1. The van der Waals surface area contributed by atoms with Crippen LogP contribution in [0.15, 0.2) is 128 Å². The Morgan fingerprint density at radius 2 is 1.24 bits per heavy atom. The monoisotopic (exact) mass is 447 g/mol. The lowest BCUT2D eigenvalue weighted by Crippen LogP contribution is -2.37. The van der Waals surface area contributed by atoms with Crippen LogP contribution >= 0.6 is 0 Å². The van der Waals surface area contributed by atoms with Crippen molar-refractivity contribution in [2.24, 2.45) is 0 Å². The summed E-state index contributed by atoms with van der Waals surface area (Å²) in [7, 11) is 0. The van der Waals surface area contributed by atoms with Gasteiger partial charge in [-0.05, 0) is 28.8 Å². The van der Waals surface area contributed by atoms with Crippen molar-refractivity contribution in [3.63, 3.8) is 0 Å². The van der Waals surface area contributed by atoms with Crippen LogP contribution in [0.4, 0.5) is 0 Å². The smallest absolute Gasteiger partial charge is 0.327 e. The largest absolute Gasteiger partial charge is 0.480 e. The lowest BCUT2D eigenvalue weighted by Gasteiger charge is -2.37. The third kappa shape index (κ3) is 3.82. The third-order valence-corrected chi connectivity index (χ3v) is 6.27. The molecule has 0 aliphatic rings. The van der Waals surface area contributed by atoms with Crippen molar-refractivity contribution < 1.29 is 9.90 Å². The molecule has 0 aliphatic carbocycles. The lowest BCUT2D eigenvalue weighted by atomic mass is 9.77. The van der Waals surface area contributed by atoms with Gasteiger partial charge in [0.05, 0.1) is 12.0 Å². The van der Waals surface area contributed by atoms with Gasteiger partial charge in [-0.25, -0.2) is 9.78 Å². The fourth-order valence-corrected chi connectivity index (χ4v) is 4.71. The molecule has 5 rings (SSSR count). The second kappa shape index (κ2) is 9.24. The molecular weight excluding hydrogens is 422 g/mol. The van der Waals surface area contributed by atoms with Crippen LogP contribution in [0.25, 0.3) is 0 Å². The average molecular weight is 448 g/mol. The summed E-state index contributed by atoms with van der Waals surface area (Å²) in [4.78, 5) is 16.7. The molecule has 1 atom stereocenters. The first kappa shape index (κ1) is 21.5. The van der Waals surface area contributed by atoms with Crippen molar-refractivity contribution in [3.8, 4) is 0 Å². The van der Waals surface area contributed by atoms with E-state index in [-0.39, 0.29) is 6.42 Å². The molecule has 0 radical (unpaired) electrons. The molecule has 2 heterocycles. The van der Waals surface area contributed by atoms with Crippen LogP contribution in [0.1, 0.15) is 28.4 Å². The number of imidazole rings is 1. The highest BCUT2D eigenvalue weighted by Crippen LogP contribution is 2.40. The van der Waals surface area contributed by atoms with E-state index in [2.05, 4.69) is 45.9 Å². The van der Waals surface area contributed by atoms with Crippen LogP contribution in [0.3, 0.4) is 0 Å². The Bertz CT molecular complexity index is 1250. The summed E-state index contributed by atoms with van der Waals surface area (Å²) >= 11 is 0. The van der Waals surface area contributed by atoms with Gasteiger partial charge in [0.15, 0.2) is 0 Å². The summed E-state index contributed by atoms with van der Waals surface area (Å²) in [6.07, 6.45) is 7.63. The van der Waals surface area contributed by atoms with Gasteiger partial charge in [-0.3, -0.25) is 0 Å². The van der Waals surface area contributed by atoms with E-state index in [1.165, 1.54) is 0 Å². The number of aliphatic carboxylic acids is 1. The standard InChI is InChI=1S/C29H25N3O2/c33-28(34)27(31-18-10-11-19-31)20-26-21-32(22-30-26)29(23-12-4-1-5-13-23,24-14-6-2-7-15-24)25-16-8-3-9-17-25/h1-19,21-22,27H,20H2,(H,33,34)/t27-/m0/s1. The Labute approximate surface area is 198 Å². The second-order valence-electron chi connectivity index (χ2n) is 8.27. The number of hydrogen-bond acceptors (Lipinski definition) is 2. The second-order valence-corrected chi connectivity index (χ2v) is 8.27. The van der Waals surface area contributed by atoms with Gasteiger partial charge in [-0.1, -0.05) is 91.0 Å². The quantitative estimate of drug-likeness (QED) is 0.324. The number of nitrogens with zero attached hydrogens (tertiary/aromatic N) is 3. The highest BCUT2D eigenvalue weighted by Gasteiger charge is 2.38. The Morgan fingerprint density at radius 3 is 1.68 bits per heavy atom. The maximum absolute atomic E-state index is 12.0. The van der Waals surface area contributed by atoms with Crippen LogP contribution in [-0.4, -0.2) is 25.2 Å². The fourth-order valence-electron chi connectivity index (χ4n) is 4.71. The van der Waals surface area contributed by atoms with Crippen molar-refractivity contribution in [2.45, 2.75) is 18.0 Å².